The van der Waals surface area contributed by atoms with Crippen LogP contribution in [0.5, 0.6) is 0 Å². The van der Waals surface area contributed by atoms with Crippen molar-refractivity contribution in [2.24, 2.45) is 5.73 Å². The Bertz CT molecular complexity index is 1090. The molecular weight excluding hydrogens is 338 g/mol. The van der Waals surface area contributed by atoms with Gasteiger partial charge in [0.1, 0.15) is 6.04 Å². The summed E-state index contributed by atoms with van der Waals surface area (Å²) < 4.78 is 28.0. The molecule has 2 heterocycles. The lowest BCUT2D eigenvalue weighted by molar-refractivity contribution is -0.118. The summed E-state index contributed by atoms with van der Waals surface area (Å²) in [6.45, 7) is 0. The van der Waals surface area contributed by atoms with Crippen LogP contribution in [0.15, 0.2) is 65.7 Å². The van der Waals surface area contributed by atoms with E-state index in [9.17, 15) is 13.2 Å². The predicted octanol–water partition coefficient (Wildman–Crippen LogP) is 1.84. The van der Waals surface area contributed by atoms with Gasteiger partial charge in [0, 0.05) is 18.0 Å². The van der Waals surface area contributed by atoms with Crippen molar-refractivity contribution in [2.75, 3.05) is 4.31 Å². The van der Waals surface area contributed by atoms with Crippen molar-refractivity contribution in [3.63, 3.8) is 0 Å². The standard InChI is InChI=1S/C18H15N3O3S/c19-18(22)16-11-12-5-1-2-8-15(12)21(16)25(23,24)17-9-3-7-14-13(17)6-4-10-20-14/h1-10,16H,11H2,(H2,19,22)/t16-/m0/s1. The first kappa shape index (κ1) is 15.6. The van der Waals surface area contributed by atoms with Gasteiger partial charge in [0.15, 0.2) is 0 Å². The highest BCUT2D eigenvalue weighted by atomic mass is 32.2. The van der Waals surface area contributed by atoms with Gasteiger partial charge in [-0.15, -0.1) is 0 Å². The first-order valence-electron chi connectivity index (χ1n) is 7.75. The number of anilines is 1. The van der Waals surface area contributed by atoms with E-state index in [1.54, 1.807) is 42.6 Å². The minimum absolute atomic E-state index is 0.112. The monoisotopic (exact) mass is 353 g/mol. The summed E-state index contributed by atoms with van der Waals surface area (Å²) in [7, 11) is -3.98. The molecule has 1 atom stereocenters. The molecule has 0 saturated carbocycles. The number of carbonyl (C=O) groups excluding carboxylic acids is 1. The number of pyridine rings is 1. The second kappa shape index (κ2) is 5.56. The van der Waals surface area contributed by atoms with Crippen molar-refractivity contribution in [2.45, 2.75) is 17.4 Å². The Morgan fingerprint density at radius 1 is 1.08 bits per heavy atom. The van der Waals surface area contributed by atoms with Gasteiger partial charge in [0.2, 0.25) is 5.91 Å². The van der Waals surface area contributed by atoms with E-state index in [2.05, 4.69) is 4.98 Å². The van der Waals surface area contributed by atoms with Gasteiger partial charge in [0.25, 0.3) is 10.0 Å². The van der Waals surface area contributed by atoms with Crippen LogP contribution >= 0.6 is 0 Å². The van der Waals surface area contributed by atoms with E-state index in [4.69, 9.17) is 5.73 Å². The van der Waals surface area contributed by atoms with Crippen LogP contribution in [0.25, 0.3) is 10.9 Å². The number of aromatic nitrogens is 1. The van der Waals surface area contributed by atoms with Gasteiger partial charge in [-0.3, -0.25) is 14.1 Å². The number of primary amides is 1. The smallest absolute Gasteiger partial charge is 0.265 e. The van der Waals surface area contributed by atoms with Crippen molar-refractivity contribution in [1.29, 1.82) is 0 Å². The van der Waals surface area contributed by atoms with Gasteiger partial charge in [-0.2, -0.15) is 0 Å². The van der Waals surface area contributed by atoms with E-state index < -0.39 is 22.0 Å². The third kappa shape index (κ3) is 2.35. The van der Waals surface area contributed by atoms with Crippen LogP contribution in [0.1, 0.15) is 5.56 Å². The fourth-order valence-electron chi connectivity index (χ4n) is 3.28. The number of para-hydroxylation sites is 1. The molecule has 1 aliphatic rings. The third-order valence-corrected chi connectivity index (χ3v) is 6.28. The fourth-order valence-corrected chi connectivity index (χ4v) is 5.14. The summed E-state index contributed by atoms with van der Waals surface area (Å²) in [4.78, 5) is 16.2. The Morgan fingerprint density at radius 2 is 1.88 bits per heavy atom. The highest BCUT2D eigenvalue weighted by molar-refractivity contribution is 7.93. The van der Waals surface area contributed by atoms with Crippen molar-refractivity contribution in [3.8, 4) is 0 Å². The van der Waals surface area contributed by atoms with Crippen molar-refractivity contribution >= 4 is 32.5 Å². The molecule has 7 heteroatoms. The van der Waals surface area contributed by atoms with E-state index in [1.807, 2.05) is 12.1 Å². The zero-order valence-electron chi connectivity index (χ0n) is 13.2. The molecular formula is C18H15N3O3S. The first-order valence-corrected chi connectivity index (χ1v) is 9.19. The Labute approximate surface area is 145 Å². The van der Waals surface area contributed by atoms with Crippen molar-refractivity contribution < 1.29 is 13.2 Å². The second-order valence-electron chi connectivity index (χ2n) is 5.88. The molecule has 0 bridgehead atoms. The molecule has 1 aromatic heterocycles. The molecule has 6 nitrogen and oxygen atoms in total. The number of carbonyl (C=O) groups is 1. The number of amides is 1. The molecule has 2 aromatic carbocycles. The van der Waals surface area contributed by atoms with E-state index in [-0.39, 0.29) is 11.3 Å². The molecule has 0 aliphatic carbocycles. The molecule has 25 heavy (non-hydrogen) atoms. The van der Waals surface area contributed by atoms with Crippen LogP contribution in [-0.4, -0.2) is 25.4 Å². The quantitative estimate of drug-likeness (QED) is 0.777. The lowest BCUT2D eigenvalue weighted by Gasteiger charge is -2.25. The number of hydrogen-bond donors (Lipinski definition) is 1. The maximum Gasteiger partial charge on any atom is 0.265 e. The molecule has 2 N–H and O–H groups in total. The number of nitrogens with zero attached hydrogens (tertiary/aromatic N) is 2. The summed E-state index contributed by atoms with van der Waals surface area (Å²) in [5, 5.41) is 0.512. The Morgan fingerprint density at radius 3 is 2.68 bits per heavy atom. The molecule has 0 spiro atoms. The Balaban J connectivity index is 1.96. The molecule has 0 radical (unpaired) electrons. The summed E-state index contributed by atoms with van der Waals surface area (Å²) in [6.07, 6.45) is 1.88. The predicted molar refractivity (Wildman–Crippen MR) is 94.5 cm³/mol. The zero-order chi connectivity index (χ0) is 17.6. The van der Waals surface area contributed by atoms with E-state index in [1.165, 1.54) is 6.07 Å². The third-order valence-electron chi connectivity index (χ3n) is 4.40. The number of sulfonamides is 1. The maximum absolute atomic E-state index is 13.4. The van der Waals surface area contributed by atoms with Gasteiger partial charge in [-0.1, -0.05) is 24.3 Å². The molecule has 0 saturated heterocycles. The Kier molecular flexibility index (Phi) is 3.47. The molecule has 1 amide bonds. The Hall–Kier alpha value is -2.93. The highest BCUT2D eigenvalue weighted by Crippen LogP contribution is 2.37. The number of nitrogens with two attached hydrogens (primary N) is 1. The molecule has 0 fully saturated rings. The molecule has 126 valence electrons. The lowest BCUT2D eigenvalue weighted by Crippen LogP contribution is -2.46. The maximum atomic E-state index is 13.4. The minimum atomic E-state index is -3.98. The minimum Gasteiger partial charge on any atom is -0.368 e. The fraction of sp³-hybridized carbons (Fsp3) is 0.111. The number of rotatable bonds is 3. The summed E-state index contributed by atoms with van der Waals surface area (Å²) in [6, 6.07) is 14.4. The van der Waals surface area contributed by atoms with Crippen molar-refractivity contribution in [1.82, 2.24) is 4.98 Å². The van der Waals surface area contributed by atoms with Gasteiger partial charge in [-0.25, -0.2) is 8.42 Å². The lowest BCUT2D eigenvalue weighted by atomic mass is 10.1. The molecule has 4 rings (SSSR count). The highest BCUT2D eigenvalue weighted by Gasteiger charge is 2.41. The van der Waals surface area contributed by atoms with E-state index in [0.717, 1.165) is 9.87 Å². The van der Waals surface area contributed by atoms with Gasteiger partial charge < -0.3 is 5.73 Å². The van der Waals surface area contributed by atoms with Crippen LogP contribution in [0, 0.1) is 0 Å². The number of benzene rings is 2. The largest absolute Gasteiger partial charge is 0.368 e. The van der Waals surface area contributed by atoms with Crippen LogP contribution in [0.4, 0.5) is 5.69 Å². The molecule has 3 aromatic rings. The topological polar surface area (TPSA) is 93.4 Å². The molecule has 1 aliphatic heterocycles. The number of fused-ring (bicyclic) bond motifs is 2. The summed E-state index contributed by atoms with van der Waals surface area (Å²) >= 11 is 0. The average molecular weight is 353 g/mol. The van der Waals surface area contributed by atoms with Crippen LogP contribution in [-0.2, 0) is 21.2 Å². The average Bonchev–Trinajstić information content (AvgIpc) is 3.02. The zero-order valence-corrected chi connectivity index (χ0v) is 14.0. The first-order chi connectivity index (χ1) is 12.0. The van der Waals surface area contributed by atoms with Crippen LogP contribution in [0.3, 0.4) is 0 Å². The van der Waals surface area contributed by atoms with Crippen molar-refractivity contribution in [3.05, 3.63) is 66.4 Å². The van der Waals surface area contributed by atoms with Crippen LogP contribution < -0.4 is 10.0 Å². The summed E-state index contributed by atoms with van der Waals surface area (Å²) in [5.74, 6) is -0.668. The van der Waals surface area contributed by atoms with Gasteiger partial charge in [0.05, 0.1) is 16.1 Å². The van der Waals surface area contributed by atoms with Gasteiger partial charge in [-0.05, 0) is 35.9 Å². The van der Waals surface area contributed by atoms with E-state index >= 15 is 0 Å². The van der Waals surface area contributed by atoms with E-state index in [0.29, 0.717) is 16.6 Å². The van der Waals surface area contributed by atoms with Gasteiger partial charge >= 0.3 is 0 Å². The molecule has 0 unspecified atom stereocenters. The second-order valence-corrected chi connectivity index (χ2v) is 7.66. The normalized spacial score (nSPS) is 16.8. The van der Waals surface area contributed by atoms with Crippen LogP contribution in [0.2, 0.25) is 0 Å². The number of hydrogen-bond acceptors (Lipinski definition) is 4. The SMILES string of the molecule is NC(=O)[C@@H]1Cc2ccccc2N1S(=O)(=O)c1cccc2ncccc12. The summed E-state index contributed by atoms with van der Waals surface area (Å²) in [5.41, 5.74) is 7.35.